The maximum Gasteiger partial charge on any atom is 0.0192 e. The van der Waals surface area contributed by atoms with Crippen LogP contribution in [0, 0.1) is 0 Å². The zero-order valence-corrected chi connectivity index (χ0v) is 6.06. The highest BCUT2D eigenvalue weighted by atomic mass is 15.0. The van der Waals surface area contributed by atoms with Gasteiger partial charge >= 0.3 is 0 Å². The number of nitrogens with two attached hydrogens (primary N) is 1. The molecule has 1 rings (SSSR count). The van der Waals surface area contributed by atoms with Gasteiger partial charge in [-0.25, -0.2) is 0 Å². The maximum absolute atomic E-state index is 5.50. The van der Waals surface area contributed by atoms with E-state index in [0.29, 0.717) is 12.1 Å². The standard InChI is InChI=1S/C7H16N2/c1-6-3-2-4-7(5-8)9-6/h6-7,9H,2-5,8H2,1H3/t6-,7-/m0/s1. The molecule has 2 heteroatoms. The van der Waals surface area contributed by atoms with Crippen LogP contribution in [-0.2, 0) is 0 Å². The molecule has 54 valence electrons. The first kappa shape index (κ1) is 7.03. The van der Waals surface area contributed by atoms with Gasteiger partial charge < -0.3 is 11.1 Å². The Bertz CT molecular complexity index is 83.0. The molecule has 0 saturated carbocycles. The first-order valence-electron chi connectivity index (χ1n) is 3.79. The van der Waals surface area contributed by atoms with Gasteiger partial charge in [0.25, 0.3) is 0 Å². The molecule has 1 saturated heterocycles. The molecular weight excluding hydrogens is 112 g/mol. The van der Waals surface area contributed by atoms with Gasteiger partial charge in [-0.05, 0) is 19.8 Å². The second-order valence-electron chi connectivity index (χ2n) is 2.93. The van der Waals surface area contributed by atoms with Crippen LogP contribution >= 0.6 is 0 Å². The van der Waals surface area contributed by atoms with Gasteiger partial charge in [-0.15, -0.1) is 0 Å². The molecule has 3 N–H and O–H groups in total. The van der Waals surface area contributed by atoms with Crippen LogP contribution in [0.1, 0.15) is 26.2 Å². The molecule has 0 aromatic heterocycles. The monoisotopic (exact) mass is 128 g/mol. The predicted octanol–water partition coefficient (Wildman–Crippen LogP) is 0.476. The Hall–Kier alpha value is -0.0800. The first-order chi connectivity index (χ1) is 4.33. The van der Waals surface area contributed by atoms with Gasteiger partial charge in [0, 0.05) is 18.6 Å². The summed E-state index contributed by atoms with van der Waals surface area (Å²) >= 11 is 0. The largest absolute Gasteiger partial charge is 0.329 e. The van der Waals surface area contributed by atoms with E-state index in [1.54, 1.807) is 0 Å². The molecule has 0 unspecified atom stereocenters. The fraction of sp³-hybridized carbons (Fsp3) is 1.00. The second kappa shape index (κ2) is 3.18. The molecule has 2 nitrogen and oxygen atoms in total. The highest BCUT2D eigenvalue weighted by Crippen LogP contribution is 2.10. The van der Waals surface area contributed by atoms with E-state index < -0.39 is 0 Å². The van der Waals surface area contributed by atoms with Crippen LogP contribution in [-0.4, -0.2) is 18.6 Å². The highest BCUT2D eigenvalue weighted by Gasteiger charge is 2.15. The van der Waals surface area contributed by atoms with E-state index in [1.165, 1.54) is 19.3 Å². The summed E-state index contributed by atoms with van der Waals surface area (Å²) in [5.74, 6) is 0. The van der Waals surface area contributed by atoms with Crippen LogP contribution in [0.25, 0.3) is 0 Å². The Morgan fingerprint density at radius 3 is 2.78 bits per heavy atom. The first-order valence-corrected chi connectivity index (χ1v) is 3.79. The fourth-order valence-corrected chi connectivity index (χ4v) is 1.43. The minimum absolute atomic E-state index is 0.591. The Morgan fingerprint density at radius 2 is 2.33 bits per heavy atom. The van der Waals surface area contributed by atoms with E-state index in [1.807, 2.05) is 0 Å². The molecule has 0 spiro atoms. The van der Waals surface area contributed by atoms with Crippen LogP contribution in [0.3, 0.4) is 0 Å². The molecule has 2 atom stereocenters. The van der Waals surface area contributed by atoms with Crippen molar-refractivity contribution < 1.29 is 0 Å². The lowest BCUT2D eigenvalue weighted by molar-refractivity contribution is 0.340. The van der Waals surface area contributed by atoms with Crippen molar-refractivity contribution in [3.05, 3.63) is 0 Å². The average Bonchev–Trinajstić information content (AvgIpc) is 1.88. The SMILES string of the molecule is C[C@H]1CCC[C@@H](CN)N1. The average molecular weight is 128 g/mol. The van der Waals surface area contributed by atoms with Gasteiger partial charge in [0.05, 0.1) is 0 Å². The highest BCUT2D eigenvalue weighted by molar-refractivity contribution is 4.77. The lowest BCUT2D eigenvalue weighted by atomic mass is 10.00. The molecule has 1 aliphatic rings. The summed E-state index contributed by atoms with van der Waals surface area (Å²) in [6, 6.07) is 1.28. The quantitative estimate of drug-likeness (QED) is 0.539. The summed E-state index contributed by atoms with van der Waals surface area (Å²) in [7, 11) is 0. The summed E-state index contributed by atoms with van der Waals surface area (Å²) < 4.78 is 0. The normalized spacial score (nSPS) is 36.7. The van der Waals surface area contributed by atoms with Crippen LogP contribution in [0.15, 0.2) is 0 Å². The zero-order chi connectivity index (χ0) is 6.69. The smallest absolute Gasteiger partial charge is 0.0192 e. The van der Waals surface area contributed by atoms with Crippen molar-refractivity contribution >= 4 is 0 Å². The molecule has 0 amide bonds. The fourth-order valence-electron chi connectivity index (χ4n) is 1.43. The van der Waals surface area contributed by atoms with Crippen molar-refractivity contribution in [3.8, 4) is 0 Å². The van der Waals surface area contributed by atoms with Crippen LogP contribution in [0.4, 0.5) is 0 Å². The Balaban J connectivity index is 2.23. The molecule has 0 radical (unpaired) electrons. The van der Waals surface area contributed by atoms with Crippen LogP contribution in [0.2, 0.25) is 0 Å². The van der Waals surface area contributed by atoms with Gasteiger partial charge in [-0.1, -0.05) is 6.42 Å². The van der Waals surface area contributed by atoms with E-state index in [9.17, 15) is 0 Å². The van der Waals surface area contributed by atoms with E-state index >= 15 is 0 Å². The lowest BCUT2D eigenvalue weighted by Gasteiger charge is -2.27. The maximum atomic E-state index is 5.50. The topological polar surface area (TPSA) is 38.0 Å². The second-order valence-corrected chi connectivity index (χ2v) is 2.93. The summed E-state index contributed by atoms with van der Waals surface area (Å²) in [4.78, 5) is 0. The predicted molar refractivity (Wildman–Crippen MR) is 39.3 cm³/mol. The van der Waals surface area contributed by atoms with Gasteiger partial charge in [0.1, 0.15) is 0 Å². The zero-order valence-electron chi connectivity index (χ0n) is 6.06. The minimum Gasteiger partial charge on any atom is -0.329 e. The van der Waals surface area contributed by atoms with Crippen LogP contribution in [0.5, 0.6) is 0 Å². The Kier molecular flexibility index (Phi) is 2.49. The molecular formula is C7H16N2. The van der Waals surface area contributed by atoms with Crippen molar-refractivity contribution in [2.75, 3.05) is 6.54 Å². The third-order valence-corrected chi connectivity index (χ3v) is 1.99. The van der Waals surface area contributed by atoms with Crippen molar-refractivity contribution in [3.63, 3.8) is 0 Å². The Labute approximate surface area is 56.8 Å². The lowest BCUT2D eigenvalue weighted by Crippen LogP contribution is -2.44. The number of nitrogens with one attached hydrogen (secondary N) is 1. The molecule has 0 aliphatic carbocycles. The van der Waals surface area contributed by atoms with Gasteiger partial charge in [0.2, 0.25) is 0 Å². The van der Waals surface area contributed by atoms with Crippen molar-refractivity contribution in [1.29, 1.82) is 0 Å². The molecule has 0 aromatic carbocycles. The van der Waals surface area contributed by atoms with Gasteiger partial charge in [-0.3, -0.25) is 0 Å². The van der Waals surface area contributed by atoms with E-state index in [-0.39, 0.29) is 0 Å². The molecule has 0 aromatic rings. The summed E-state index contributed by atoms with van der Waals surface area (Å²) in [5.41, 5.74) is 5.50. The molecule has 1 heterocycles. The van der Waals surface area contributed by atoms with E-state index in [4.69, 9.17) is 5.73 Å². The third-order valence-electron chi connectivity index (χ3n) is 1.99. The molecule has 1 aliphatic heterocycles. The van der Waals surface area contributed by atoms with Crippen LogP contribution < -0.4 is 11.1 Å². The summed E-state index contributed by atoms with van der Waals surface area (Å²) in [6.45, 7) is 3.02. The third kappa shape index (κ3) is 1.95. The van der Waals surface area contributed by atoms with E-state index in [0.717, 1.165) is 6.54 Å². The van der Waals surface area contributed by atoms with Gasteiger partial charge in [-0.2, -0.15) is 0 Å². The number of hydrogen-bond donors (Lipinski definition) is 2. The van der Waals surface area contributed by atoms with E-state index in [2.05, 4.69) is 12.2 Å². The van der Waals surface area contributed by atoms with Gasteiger partial charge in [0.15, 0.2) is 0 Å². The number of rotatable bonds is 1. The number of piperidine rings is 1. The minimum atomic E-state index is 0.591. The molecule has 1 fully saturated rings. The molecule has 9 heavy (non-hydrogen) atoms. The van der Waals surface area contributed by atoms with Crippen molar-refractivity contribution in [2.24, 2.45) is 5.73 Å². The Morgan fingerprint density at radius 1 is 1.56 bits per heavy atom. The molecule has 0 bridgehead atoms. The van der Waals surface area contributed by atoms with Crippen molar-refractivity contribution in [2.45, 2.75) is 38.3 Å². The summed E-state index contributed by atoms with van der Waals surface area (Å²) in [6.07, 6.45) is 3.92. The summed E-state index contributed by atoms with van der Waals surface area (Å²) in [5, 5.41) is 3.44. The number of hydrogen-bond acceptors (Lipinski definition) is 2. The van der Waals surface area contributed by atoms with Crippen molar-refractivity contribution in [1.82, 2.24) is 5.32 Å².